The fourth-order valence-corrected chi connectivity index (χ4v) is 1.47. The molecule has 94 valence electrons. The standard InChI is InChI=1S/C13H14N2O3/c1-8-4-5-10(6-9(8)2)14-13(16)11-7-12(17-3)15-18-11/h4-7H,1-3H3,(H,14,16). The molecule has 0 bridgehead atoms. The fourth-order valence-electron chi connectivity index (χ4n) is 1.47. The van der Waals surface area contributed by atoms with Crippen LogP contribution < -0.4 is 10.1 Å². The van der Waals surface area contributed by atoms with E-state index in [1.165, 1.54) is 18.7 Å². The summed E-state index contributed by atoms with van der Waals surface area (Å²) < 4.78 is 9.70. The number of benzene rings is 1. The van der Waals surface area contributed by atoms with E-state index in [4.69, 9.17) is 9.26 Å². The van der Waals surface area contributed by atoms with Gasteiger partial charge in [0, 0.05) is 5.69 Å². The molecule has 1 N–H and O–H groups in total. The van der Waals surface area contributed by atoms with Crippen LogP contribution in [0, 0.1) is 13.8 Å². The van der Waals surface area contributed by atoms with Gasteiger partial charge in [-0.15, -0.1) is 0 Å². The molecule has 1 amide bonds. The highest BCUT2D eigenvalue weighted by molar-refractivity contribution is 6.02. The normalized spacial score (nSPS) is 10.2. The van der Waals surface area contributed by atoms with Gasteiger partial charge in [0.15, 0.2) is 0 Å². The second-order valence-corrected chi connectivity index (χ2v) is 3.99. The van der Waals surface area contributed by atoms with Crippen LogP contribution in [0.4, 0.5) is 5.69 Å². The highest BCUT2D eigenvalue weighted by atomic mass is 16.5. The van der Waals surface area contributed by atoms with Crippen molar-refractivity contribution in [3.05, 3.63) is 41.2 Å². The number of hydrogen-bond donors (Lipinski definition) is 1. The van der Waals surface area contributed by atoms with Crippen molar-refractivity contribution in [1.82, 2.24) is 5.16 Å². The molecule has 0 aliphatic carbocycles. The summed E-state index contributed by atoms with van der Waals surface area (Å²) in [4.78, 5) is 11.8. The first kappa shape index (κ1) is 12.2. The molecule has 2 rings (SSSR count). The zero-order valence-corrected chi connectivity index (χ0v) is 10.5. The molecule has 0 atom stereocenters. The molecular weight excluding hydrogens is 232 g/mol. The monoisotopic (exact) mass is 246 g/mol. The molecule has 5 heteroatoms. The van der Waals surface area contributed by atoms with Gasteiger partial charge in [-0.2, -0.15) is 0 Å². The van der Waals surface area contributed by atoms with E-state index in [2.05, 4.69) is 10.5 Å². The molecule has 0 saturated carbocycles. The molecule has 0 fully saturated rings. The lowest BCUT2D eigenvalue weighted by molar-refractivity contribution is 0.0987. The number of methoxy groups -OCH3 is 1. The number of ether oxygens (including phenoxy) is 1. The van der Waals surface area contributed by atoms with E-state index in [0.29, 0.717) is 0 Å². The summed E-state index contributed by atoms with van der Waals surface area (Å²) in [5.41, 5.74) is 3.01. The molecule has 0 aliphatic heterocycles. The summed E-state index contributed by atoms with van der Waals surface area (Å²) in [7, 11) is 1.46. The van der Waals surface area contributed by atoms with Crippen molar-refractivity contribution >= 4 is 11.6 Å². The average molecular weight is 246 g/mol. The minimum Gasteiger partial charge on any atom is -0.479 e. The highest BCUT2D eigenvalue weighted by Gasteiger charge is 2.13. The van der Waals surface area contributed by atoms with Crippen molar-refractivity contribution in [2.75, 3.05) is 12.4 Å². The van der Waals surface area contributed by atoms with Crippen molar-refractivity contribution in [2.45, 2.75) is 13.8 Å². The molecule has 0 unspecified atom stereocenters. The van der Waals surface area contributed by atoms with E-state index < -0.39 is 0 Å². The van der Waals surface area contributed by atoms with Gasteiger partial charge < -0.3 is 14.6 Å². The lowest BCUT2D eigenvalue weighted by Crippen LogP contribution is -2.11. The predicted octanol–water partition coefficient (Wildman–Crippen LogP) is 2.55. The molecule has 0 saturated heterocycles. The van der Waals surface area contributed by atoms with E-state index in [-0.39, 0.29) is 17.5 Å². The van der Waals surface area contributed by atoms with Crippen molar-refractivity contribution in [3.8, 4) is 5.88 Å². The van der Waals surface area contributed by atoms with Gasteiger partial charge in [-0.1, -0.05) is 6.07 Å². The Morgan fingerprint density at radius 3 is 2.67 bits per heavy atom. The summed E-state index contributed by atoms with van der Waals surface area (Å²) in [5, 5.41) is 6.31. The Labute approximate surface area is 105 Å². The largest absolute Gasteiger partial charge is 0.479 e. The third-order valence-electron chi connectivity index (χ3n) is 2.69. The topological polar surface area (TPSA) is 64.4 Å². The second-order valence-electron chi connectivity index (χ2n) is 3.99. The van der Waals surface area contributed by atoms with Crippen LogP contribution in [-0.4, -0.2) is 18.2 Å². The Hall–Kier alpha value is -2.30. The van der Waals surface area contributed by atoms with Crippen LogP contribution in [0.15, 0.2) is 28.8 Å². The zero-order valence-electron chi connectivity index (χ0n) is 10.5. The zero-order chi connectivity index (χ0) is 13.1. The van der Waals surface area contributed by atoms with Crippen LogP contribution in [0.25, 0.3) is 0 Å². The van der Waals surface area contributed by atoms with Crippen molar-refractivity contribution in [3.63, 3.8) is 0 Å². The number of rotatable bonds is 3. The lowest BCUT2D eigenvalue weighted by Gasteiger charge is -2.05. The van der Waals surface area contributed by atoms with Crippen molar-refractivity contribution in [1.29, 1.82) is 0 Å². The fraction of sp³-hybridized carbons (Fsp3) is 0.231. The number of anilines is 1. The van der Waals surface area contributed by atoms with E-state index in [1.54, 1.807) is 0 Å². The van der Waals surface area contributed by atoms with Crippen LogP contribution in [-0.2, 0) is 0 Å². The van der Waals surface area contributed by atoms with Crippen molar-refractivity contribution < 1.29 is 14.1 Å². The third-order valence-corrected chi connectivity index (χ3v) is 2.69. The maximum atomic E-state index is 11.8. The number of amides is 1. The number of nitrogens with zero attached hydrogens (tertiary/aromatic N) is 1. The average Bonchev–Trinajstić information content (AvgIpc) is 2.82. The minimum absolute atomic E-state index is 0.116. The first-order valence-electron chi connectivity index (χ1n) is 5.49. The summed E-state index contributed by atoms with van der Waals surface area (Å²) in [6, 6.07) is 7.14. The van der Waals surface area contributed by atoms with E-state index in [9.17, 15) is 4.79 Å². The first-order valence-corrected chi connectivity index (χ1v) is 5.49. The van der Waals surface area contributed by atoms with Gasteiger partial charge in [-0.25, -0.2) is 0 Å². The lowest BCUT2D eigenvalue weighted by atomic mass is 10.1. The van der Waals surface area contributed by atoms with Gasteiger partial charge in [0.2, 0.25) is 5.76 Å². The van der Waals surface area contributed by atoms with Gasteiger partial charge in [-0.3, -0.25) is 4.79 Å². The van der Waals surface area contributed by atoms with Crippen LogP contribution in [0.3, 0.4) is 0 Å². The quantitative estimate of drug-likeness (QED) is 0.903. The molecule has 2 aromatic rings. The maximum Gasteiger partial charge on any atom is 0.294 e. The molecule has 0 radical (unpaired) electrons. The molecule has 1 heterocycles. The van der Waals surface area contributed by atoms with E-state index in [1.807, 2.05) is 32.0 Å². The molecule has 1 aromatic heterocycles. The number of carbonyl (C=O) groups is 1. The maximum absolute atomic E-state index is 11.8. The molecule has 5 nitrogen and oxygen atoms in total. The van der Waals surface area contributed by atoms with Crippen LogP contribution in [0.5, 0.6) is 5.88 Å². The molecule has 0 aliphatic rings. The number of carbonyl (C=O) groups excluding carboxylic acids is 1. The minimum atomic E-state index is -0.353. The summed E-state index contributed by atoms with van der Waals surface area (Å²) in [6.45, 7) is 4.00. The number of hydrogen-bond acceptors (Lipinski definition) is 4. The SMILES string of the molecule is COc1cc(C(=O)Nc2ccc(C)c(C)c2)on1. The molecule has 18 heavy (non-hydrogen) atoms. The summed E-state index contributed by atoms with van der Waals surface area (Å²) >= 11 is 0. The smallest absolute Gasteiger partial charge is 0.294 e. The second kappa shape index (κ2) is 4.91. The summed E-state index contributed by atoms with van der Waals surface area (Å²) in [5.74, 6) is 0.0411. The molecule has 1 aromatic carbocycles. The molecular formula is C13H14N2O3. The predicted molar refractivity (Wildman–Crippen MR) is 66.9 cm³/mol. The van der Waals surface area contributed by atoms with E-state index >= 15 is 0 Å². The van der Waals surface area contributed by atoms with Gasteiger partial charge in [0.05, 0.1) is 13.2 Å². The Bertz CT molecular complexity index is 575. The van der Waals surface area contributed by atoms with Gasteiger partial charge >= 0.3 is 0 Å². The van der Waals surface area contributed by atoms with Crippen LogP contribution in [0.1, 0.15) is 21.7 Å². The number of aryl methyl sites for hydroxylation is 2. The van der Waals surface area contributed by atoms with Gasteiger partial charge in [0.1, 0.15) is 0 Å². The first-order chi connectivity index (χ1) is 8.60. The van der Waals surface area contributed by atoms with Gasteiger partial charge in [-0.05, 0) is 42.3 Å². The van der Waals surface area contributed by atoms with Crippen LogP contribution >= 0.6 is 0 Å². The Balaban J connectivity index is 2.13. The Kier molecular flexibility index (Phi) is 3.32. The Morgan fingerprint density at radius 1 is 1.28 bits per heavy atom. The molecule has 0 spiro atoms. The third kappa shape index (κ3) is 2.51. The van der Waals surface area contributed by atoms with Gasteiger partial charge in [0.25, 0.3) is 11.8 Å². The van der Waals surface area contributed by atoms with Crippen LogP contribution in [0.2, 0.25) is 0 Å². The summed E-state index contributed by atoms with van der Waals surface area (Å²) in [6.07, 6.45) is 0. The number of aromatic nitrogens is 1. The van der Waals surface area contributed by atoms with Crippen molar-refractivity contribution in [2.24, 2.45) is 0 Å². The number of nitrogens with one attached hydrogen (secondary N) is 1. The Morgan fingerprint density at radius 2 is 2.06 bits per heavy atom. The van der Waals surface area contributed by atoms with E-state index in [0.717, 1.165) is 11.3 Å². The highest BCUT2D eigenvalue weighted by Crippen LogP contribution is 2.16.